The Morgan fingerprint density at radius 3 is 2.74 bits per heavy atom. The lowest BCUT2D eigenvalue weighted by molar-refractivity contribution is 0.689. The number of aryl methyl sites for hydroxylation is 2. The quantitative estimate of drug-likeness (QED) is 0.453. The third-order valence-electron chi connectivity index (χ3n) is 6.00. The van der Waals surface area contributed by atoms with Crippen LogP contribution < -0.4 is 0 Å². The maximum absolute atomic E-state index is 5.17. The SMILES string of the molecule is Cn1cnc2ccc(-c3nc4ccc5[nH]ccc5c4c4c3CCCC4)cc21. The number of aromatic nitrogens is 4. The molecule has 27 heavy (non-hydrogen) atoms. The summed E-state index contributed by atoms with van der Waals surface area (Å²) in [6, 6.07) is 13.0. The Morgan fingerprint density at radius 1 is 0.963 bits per heavy atom. The number of hydrogen-bond donors (Lipinski definition) is 1. The summed E-state index contributed by atoms with van der Waals surface area (Å²) >= 11 is 0. The molecule has 0 spiro atoms. The van der Waals surface area contributed by atoms with E-state index in [4.69, 9.17) is 4.98 Å². The molecule has 0 atom stereocenters. The van der Waals surface area contributed by atoms with Crippen LogP contribution >= 0.6 is 0 Å². The van der Waals surface area contributed by atoms with Crippen LogP contribution in [0.15, 0.2) is 48.9 Å². The van der Waals surface area contributed by atoms with Crippen molar-refractivity contribution in [3.05, 3.63) is 60.0 Å². The van der Waals surface area contributed by atoms with Crippen molar-refractivity contribution < 1.29 is 0 Å². The van der Waals surface area contributed by atoms with Crippen LogP contribution in [0.4, 0.5) is 0 Å². The Balaban J connectivity index is 1.71. The van der Waals surface area contributed by atoms with Crippen molar-refractivity contribution in [1.29, 1.82) is 0 Å². The van der Waals surface area contributed by atoms with Gasteiger partial charge < -0.3 is 9.55 Å². The molecule has 1 aliphatic rings. The molecule has 1 aliphatic carbocycles. The highest BCUT2D eigenvalue weighted by atomic mass is 15.0. The van der Waals surface area contributed by atoms with Crippen LogP contribution in [0.2, 0.25) is 0 Å². The second kappa shape index (κ2) is 5.43. The van der Waals surface area contributed by atoms with Gasteiger partial charge in [-0.25, -0.2) is 9.97 Å². The van der Waals surface area contributed by atoms with Crippen LogP contribution in [-0.4, -0.2) is 19.5 Å². The third-order valence-corrected chi connectivity index (χ3v) is 6.00. The average Bonchev–Trinajstić information content (AvgIpc) is 3.33. The standard InChI is InChI=1S/C23H20N4/c1-27-13-25-19-7-6-14(12-21(19)27)23-16-5-3-2-4-15(16)22-17-10-11-24-18(17)8-9-20(22)26-23/h6-13,24H,2-5H2,1H3. The van der Waals surface area contributed by atoms with Crippen molar-refractivity contribution in [3.8, 4) is 11.3 Å². The summed E-state index contributed by atoms with van der Waals surface area (Å²) in [7, 11) is 2.05. The predicted molar refractivity (Wildman–Crippen MR) is 110 cm³/mol. The summed E-state index contributed by atoms with van der Waals surface area (Å²) in [6.07, 6.45) is 8.65. The first kappa shape index (κ1) is 15.0. The molecule has 0 amide bonds. The van der Waals surface area contributed by atoms with Crippen LogP contribution in [-0.2, 0) is 19.9 Å². The van der Waals surface area contributed by atoms with E-state index in [-0.39, 0.29) is 0 Å². The first-order valence-electron chi connectivity index (χ1n) is 9.62. The van der Waals surface area contributed by atoms with Crippen LogP contribution in [0.1, 0.15) is 24.0 Å². The monoisotopic (exact) mass is 352 g/mol. The fourth-order valence-electron chi connectivity index (χ4n) is 4.67. The van der Waals surface area contributed by atoms with Gasteiger partial charge in [-0.15, -0.1) is 0 Å². The van der Waals surface area contributed by atoms with Gasteiger partial charge in [0.15, 0.2) is 0 Å². The largest absolute Gasteiger partial charge is 0.361 e. The van der Waals surface area contributed by atoms with E-state index in [1.165, 1.54) is 45.8 Å². The summed E-state index contributed by atoms with van der Waals surface area (Å²) in [5.41, 5.74) is 9.75. The molecule has 4 heteroatoms. The van der Waals surface area contributed by atoms with E-state index in [9.17, 15) is 0 Å². The molecule has 2 aromatic carbocycles. The minimum absolute atomic E-state index is 1.03. The Labute approximate surface area is 156 Å². The van der Waals surface area contributed by atoms with E-state index in [1.54, 1.807) is 0 Å². The molecule has 1 N–H and O–H groups in total. The highest BCUT2D eigenvalue weighted by Crippen LogP contribution is 2.38. The Morgan fingerprint density at radius 2 is 1.81 bits per heavy atom. The molecule has 0 saturated carbocycles. The summed E-state index contributed by atoms with van der Waals surface area (Å²) < 4.78 is 2.08. The zero-order valence-electron chi connectivity index (χ0n) is 15.3. The molecule has 3 heterocycles. The number of nitrogens with one attached hydrogen (secondary N) is 1. The van der Waals surface area contributed by atoms with E-state index >= 15 is 0 Å². The molecule has 4 nitrogen and oxygen atoms in total. The molecule has 5 aromatic rings. The number of aromatic amines is 1. The molecular formula is C23H20N4. The van der Waals surface area contributed by atoms with E-state index in [1.807, 2.05) is 19.6 Å². The lowest BCUT2D eigenvalue weighted by atomic mass is 9.85. The average molecular weight is 352 g/mol. The number of pyridine rings is 1. The van der Waals surface area contributed by atoms with Crippen LogP contribution in [0, 0.1) is 0 Å². The summed E-state index contributed by atoms with van der Waals surface area (Å²) in [5, 5.41) is 2.64. The van der Waals surface area contributed by atoms with E-state index in [2.05, 4.69) is 50.9 Å². The Bertz CT molecular complexity index is 1340. The van der Waals surface area contributed by atoms with Crippen molar-refractivity contribution in [1.82, 2.24) is 19.5 Å². The van der Waals surface area contributed by atoms with E-state index in [0.29, 0.717) is 0 Å². The van der Waals surface area contributed by atoms with Gasteiger partial charge in [0.25, 0.3) is 0 Å². The number of hydrogen-bond acceptors (Lipinski definition) is 2. The highest BCUT2D eigenvalue weighted by molar-refractivity contribution is 6.08. The molecule has 0 unspecified atom stereocenters. The number of H-pyrrole nitrogens is 1. The molecule has 0 bridgehead atoms. The fourth-order valence-corrected chi connectivity index (χ4v) is 4.67. The minimum Gasteiger partial charge on any atom is -0.361 e. The van der Waals surface area contributed by atoms with Gasteiger partial charge in [0, 0.05) is 35.1 Å². The summed E-state index contributed by atoms with van der Waals surface area (Å²) in [6.45, 7) is 0. The van der Waals surface area contributed by atoms with Gasteiger partial charge in [-0.05, 0) is 67.1 Å². The maximum atomic E-state index is 5.17. The molecule has 0 saturated heterocycles. The maximum Gasteiger partial charge on any atom is 0.0955 e. The zero-order chi connectivity index (χ0) is 18.0. The first-order chi connectivity index (χ1) is 13.3. The lowest BCUT2D eigenvalue weighted by Gasteiger charge is -2.22. The van der Waals surface area contributed by atoms with Crippen molar-refractivity contribution in [3.63, 3.8) is 0 Å². The molecule has 3 aromatic heterocycles. The zero-order valence-corrected chi connectivity index (χ0v) is 15.3. The third kappa shape index (κ3) is 2.10. The molecule has 0 fully saturated rings. The van der Waals surface area contributed by atoms with Gasteiger partial charge in [-0.1, -0.05) is 6.07 Å². The number of rotatable bonds is 1. The van der Waals surface area contributed by atoms with Gasteiger partial charge in [0.05, 0.1) is 28.6 Å². The second-order valence-corrected chi connectivity index (χ2v) is 7.58. The Kier molecular flexibility index (Phi) is 3.01. The van der Waals surface area contributed by atoms with Gasteiger partial charge in [0.1, 0.15) is 0 Å². The number of fused-ring (bicyclic) bond motifs is 6. The van der Waals surface area contributed by atoms with Gasteiger partial charge in [-0.2, -0.15) is 0 Å². The molecule has 0 radical (unpaired) electrons. The second-order valence-electron chi connectivity index (χ2n) is 7.58. The predicted octanol–water partition coefficient (Wildman–Crippen LogP) is 5.15. The topological polar surface area (TPSA) is 46.5 Å². The minimum atomic E-state index is 1.03. The smallest absolute Gasteiger partial charge is 0.0955 e. The fraction of sp³-hybridized carbons (Fsp3) is 0.217. The van der Waals surface area contributed by atoms with Gasteiger partial charge in [-0.3, -0.25) is 0 Å². The number of benzene rings is 2. The normalized spacial score (nSPS) is 14.3. The highest BCUT2D eigenvalue weighted by Gasteiger charge is 2.21. The van der Waals surface area contributed by atoms with Crippen LogP contribution in [0.25, 0.3) is 44.1 Å². The molecule has 0 aliphatic heterocycles. The van der Waals surface area contributed by atoms with Gasteiger partial charge >= 0.3 is 0 Å². The lowest BCUT2D eigenvalue weighted by Crippen LogP contribution is -2.08. The summed E-state index contributed by atoms with van der Waals surface area (Å²) in [5.74, 6) is 0. The number of imidazole rings is 1. The van der Waals surface area contributed by atoms with Crippen LogP contribution in [0.5, 0.6) is 0 Å². The van der Waals surface area contributed by atoms with E-state index < -0.39 is 0 Å². The van der Waals surface area contributed by atoms with Crippen molar-refractivity contribution in [2.45, 2.75) is 25.7 Å². The van der Waals surface area contributed by atoms with Crippen molar-refractivity contribution >= 4 is 32.8 Å². The molecule has 6 rings (SSSR count). The summed E-state index contributed by atoms with van der Waals surface area (Å²) in [4.78, 5) is 13.0. The molecule has 132 valence electrons. The molecular weight excluding hydrogens is 332 g/mol. The number of nitrogens with zero attached hydrogens (tertiary/aromatic N) is 3. The first-order valence-corrected chi connectivity index (χ1v) is 9.62. The van der Waals surface area contributed by atoms with Crippen LogP contribution in [0.3, 0.4) is 0 Å². The Hall–Kier alpha value is -3.14. The van der Waals surface area contributed by atoms with Gasteiger partial charge in [0.2, 0.25) is 0 Å². The van der Waals surface area contributed by atoms with Crippen molar-refractivity contribution in [2.24, 2.45) is 7.05 Å². The van der Waals surface area contributed by atoms with Crippen molar-refractivity contribution in [2.75, 3.05) is 0 Å². The van der Waals surface area contributed by atoms with E-state index in [0.717, 1.165) is 35.1 Å².